The number of halogens is 1. The Hall–Kier alpha value is -4.49. The minimum atomic E-state index is -1.10. The number of amides is 1. The number of nitrogens with zero attached hydrogens (tertiary/aromatic N) is 2. The largest absolute Gasteiger partial charge is 0.507 e. The number of phenols is 1. The van der Waals surface area contributed by atoms with E-state index in [4.69, 9.17) is 16.7 Å². The van der Waals surface area contributed by atoms with Crippen molar-refractivity contribution >= 4 is 40.6 Å². The molecule has 5 rings (SSSR count). The van der Waals surface area contributed by atoms with Crippen molar-refractivity contribution in [2.75, 3.05) is 0 Å². The second kappa shape index (κ2) is 8.70. The van der Waals surface area contributed by atoms with Crippen molar-refractivity contribution in [3.63, 3.8) is 0 Å². The number of rotatable bonds is 5. The SMILES string of the molecule is CC(=Nc1ccc(C(=O)O)[nH]1)C1=c2cc(-c3ccc(-c4ccccc4O)cc3)c(Cl)cc2=NC1=O. The number of H-pyrrole nitrogens is 1. The maximum Gasteiger partial charge on any atom is 0.352 e. The number of carbonyl (C=O) groups excluding carboxylic acids is 1. The molecule has 0 saturated heterocycles. The minimum absolute atomic E-state index is 0.00530. The number of carbonyl (C=O) groups is 2. The zero-order valence-corrected chi connectivity index (χ0v) is 19.2. The summed E-state index contributed by atoms with van der Waals surface area (Å²) in [6, 6.07) is 21.1. The molecule has 0 bridgehead atoms. The number of aromatic nitrogens is 1. The topological polar surface area (TPSA) is 115 Å². The van der Waals surface area contributed by atoms with Crippen molar-refractivity contribution in [3.8, 4) is 28.0 Å². The second-order valence-corrected chi connectivity index (χ2v) is 8.40. The lowest BCUT2D eigenvalue weighted by Gasteiger charge is -2.08. The van der Waals surface area contributed by atoms with Crippen molar-refractivity contribution in [2.45, 2.75) is 6.92 Å². The quantitative estimate of drug-likeness (QED) is 0.362. The predicted octanol–water partition coefficient (Wildman–Crippen LogP) is 4.51. The van der Waals surface area contributed by atoms with Crippen LogP contribution in [0.15, 0.2) is 82.8 Å². The van der Waals surface area contributed by atoms with Gasteiger partial charge < -0.3 is 15.2 Å². The predicted molar refractivity (Wildman–Crippen MR) is 134 cm³/mol. The van der Waals surface area contributed by atoms with E-state index < -0.39 is 11.9 Å². The Balaban J connectivity index is 1.58. The normalized spacial score (nSPS) is 13.0. The number of aliphatic imine (C=N–C) groups is 1. The highest BCUT2D eigenvalue weighted by molar-refractivity contribution is 6.43. The summed E-state index contributed by atoms with van der Waals surface area (Å²) in [6.07, 6.45) is 0. The molecular weight excluding hydrogens is 466 g/mol. The molecule has 7 nitrogen and oxygen atoms in total. The van der Waals surface area contributed by atoms with Crippen LogP contribution in [0.1, 0.15) is 17.4 Å². The number of hydrogen-bond donors (Lipinski definition) is 3. The number of nitrogens with one attached hydrogen (secondary N) is 1. The molecule has 0 atom stereocenters. The van der Waals surface area contributed by atoms with Crippen LogP contribution in [0.5, 0.6) is 5.75 Å². The Morgan fingerprint density at radius 1 is 0.971 bits per heavy atom. The first-order valence-corrected chi connectivity index (χ1v) is 11.0. The van der Waals surface area contributed by atoms with Crippen LogP contribution in [0.25, 0.3) is 27.8 Å². The van der Waals surface area contributed by atoms with Gasteiger partial charge in [-0.25, -0.2) is 14.8 Å². The molecule has 4 aromatic rings. The summed E-state index contributed by atoms with van der Waals surface area (Å²) < 4.78 is 0. The fourth-order valence-electron chi connectivity index (χ4n) is 4.06. The molecule has 0 aliphatic carbocycles. The Kier molecular flexibility index (Phi) is 5.55. The van der Waals surface area contributed by atoms with Crippen molar-refractivity contribution in [3.05, 3.63) is 94.1 Å². The molecular formula is C27H18ClN3O4. The molecule has 1 amide bonds. The van der Waals surface area contributed by atoms with Crippen molar-refractivity contribution < 1.29 is 19.8 Å². The second-order valence-electron chi connectivity index (χ2n) is 8.00. The number of para-hydroxylation sites is 1. The summed E-state index contributed by atoms with van der Waals surface area (Å²) in [5, 5.41) is 20.7. The fourth-order valence-corrected chi connectivity index (χ4v) is 4.33. The number of hydrogen-bond acceptors (Lipinski definition) is 4. The number of benzene rings is 3. The van der Waals surface area contributed by atoms with Crippen molar-refractivity contribution in [2.24, 2.45) is 9.98 Å². The molecule has 8 heteroatoms. The van der Waals surface area contributed by atoms with Crippen LogP contribution in [0.4, 0.5) is 5.82 Å². The van der Waals surface area contributed by atoms with Crippen LogP contribution >= 0.6 is 11.6 Å². The van der Waals surface area contributed by atoms with Gasteiger partial charge in [-0.05, 0) is 48.4 Å². The minimum Gasteiger partial charge on any atom is -0.507 e. The molecule has 1 aliphatic rings. The van der Waals surface area contributed by atoms with Gasteiger partial charge in [-0.3, -0.25) is 4.79 Å². The molecule has 0 saturated carbocycles. The molecule has 1 aromatic heterocycles. The average Bonchev–Trinajstić information content (AvgIpc) is 3.42. The van der Waals surface area contributed by atoms with Gasteiger partial charge in [-0.15, -0.1) is 0 Å². The highest BCUT2D eigenvalue weighted by Gasteiger charge is 2.21. The lowest BCUT2D eigenvalue weighted by atomic mass is 9.98. The van der Waals surface area contributed by atoms with Gasteiger partial charge in [-0.2, -0.15) is 0 Å². The van der Waals surface area contributed by atoms with Crippen LogP contribution in [0.2, 0.25) is 5.02 Å². The van der Waals surface area contributed by atoms with Crippen molar-refractivity contribution in [1.29, 1.82) is 0 Å². The first-order chi connectivity index (χ1) is 16.8. The molecule has 172 valence electrons. The zero-order chi connectivity index (χ0) is 24.7. The lowest BCUT2D eigenvalue weighted by Crippen LogP contribution is -2.25. The smallest absolute Gasteiger partial charge is 0.352 e. The summed E-state index contributed by atoms with van der Waals surface area (Å²) in [6.45, 7) is 1.68. The summed E-state index contributed by atoms with van der Waals surface area (Å²) >= 11 is 6.55. The molecule has 0 fully saturated rings. The summed E-state index contributed by atoms with van der Waals surface area (Å²) in [4.78, 5) is 35.0. The standard InChI is InChI=1S/C27H18ClN3O4/c1-14(29-24-11-10-21(30-24)27(34)35)25-19-12-18(20(28)13-22(19)31-26(25)33)16-8-6-15(7-9-16)17-4-2-3-5-23(17)32/h2-13,30,32H,1H3,(H,34,35). The number of fused-ring (bicyclic) bond motifs is 1. The van der Waals surface area contributed by atoms with Crippen LogP contribution in [0, 0.1) is 0 Å². The number of aromatic carboxylic acids is 1. The van der Waals surface area contributed by atoms with E-state index in [1.165, 1.54) is 12.1 Å². The molecule has 2 heterocycles. The van der Waals surface area contributed by atoms with E-state index in [0.29, 0.717) is 32.7 Å². The average molecular weight is 484 g/mol. The monoisotopic (exact) mass is 483 g/mol. The highest BCUT2D eigenvalue weighted by atomic mass is 35.5. The van der Waals surface area contributed by atoms with E-state index in [0.717, 1.165) is 22.3 Å². The Morgan fingerprint density at radius 2 is 1.66 bits per heavy atom. The molecule has 35 heavy (non-hydrogen) atoms. The van der Waals surface area contributed by atoms with Gasteiger partial charge in [-0.1, -0.05) is 54.1 Å². The fraction of sp³-hybridized carbons (Fsp3) is 0.0370. The first kappa shape index (κ1) is 22.3. The van der Waals surface area contributed by atoms with E-state index >= 15 is 0 Å². The van der Waals surface area contributed by atoms with Gasteiger partial charge in [0.2, 0.25) is 0 Å². The Bertz CT molecular complexity index is 1670. The summed E-state index contributed by atoms with van der Waals surface area (Å²) in [5.74, 6) is -1.01. The number of aromatic amines is 1. The van der Waals surface area contributed by atoms with Crippen LogP contribution in [-0.4, -0.2) is 32.8 Å². The highest BCUT2D eigenvalue weighted by Crippen LogP contribution is 2.32. The van der Waals surface area contributed by atoms with Gasteiger partial charge in [0.15, 0.2) is 0 Å². The Morgan fingerprint density at radius 3 is 2.31 bits per heavy atom. The van der Waals surface area contributed by atoms with Gasteiger partial charge in [0, 0.05) is 16.3 Å². The number of carboxylic acids is 1. The Labute approximate surface area is 204 Å². The third kappa shape index (κ3) is 4.13. The first-order valence-electron chi connectivity index (χ1n) is 10.7. The lowest BCUT2D eigenvalue weighted by molar-refractivity contribution is -0.112. The molecule has 3 N–H and O–H groups in total. The summed E-state index contributed by atoms with van der Waals surface area (Å²) in [5.41, 5.74) is 3.87. The number of carboxylic acid groups (broad SMARTS) is 1. The van der Waals surface area contributed by atoms with Gasteiger partial charge in [0.05, 0.1) is 21.7 Å². The number of aromatic hydroxyl groups is 1. The molecule has 3 aromatic carbocycles. The van der Waals surface area contributed by atoms with Crippen molar-refractivity contribution in [1.82, 2.24) is 4.98 Å². The van der Waals surface area contributed by atoms with E-state index in [1.807, 2.05) is 42.5 Å². The van der Waals surface area contributed by atoms with Crippen LogP contribution in [0.3, 0.4) is 0 Å². The molecule has 0 unspecified atom stereocenters. The molecule has 0 spiro atoms. The third-order valence-electron chi connectivity index (χ3n) is 5.75. The van der Waals surface area contributed by atoms with E-state index in [2.05, 4.69) is 15.0 Å². The van der Waals surface area contributed by atoms with Gasteiger partial charge >= 0.3 is 5.97 Å². The van der Waals surface area contributed by atoms with Crippen LogP contribution < -0.4 is 10.6 Å². The zero-order valence-electron chi connectivity index (χ0n) is 18.4. The maximum absolute atomic E-state index is 12.7. The van der Waals surface area contributed by atoms with Gasteiger partial charge in [0.25, 0.3) is 5.91 Å². The third-order valence-corrected chi connectivity index (χ3v) is 6.07. The van der Waals surface area contributed by atoms with E-state index in [9.17, 15) is 14.7 Å². The maximum atomic E-state index is 12.7. The summed E-state index contributed by atoms with van der Waals surface area (Å²) in [7, 11) is 0. The van der Waals surface area contributed by atoms with Gasteiger partial charge in [0.1, 0.15) is 17.3 Å². The van der Waals surface area contributed by atoms with E-state index in [1.54, 1.807) is 25.1 Å². The van der Waals surface area contributed by atoms with E-state index in [-0.39, 0.29) is 11.4 Å². The van der Waals surface area contributed by atoms with Crippen LogP contribution in [-0.2, 0) is 4.79 Å². The molecule has 1 aliphatic heterocycles. The number of phenolic OH excluding ortho intramolecular Hbond substituents is 1. The molecule has 0 radical (unpaired) electrons.